The van der Waals surface area contributed by atoms with Crippen LogP contribution in [0.5, 0.6) is 5.75 Å². The maximum absolute atomic E-state index is 11.5. The average Bonchev–Trinajstić information content (AvgIpc) is 1.62. The minimum Gasteiger partial charge on any atom is -0.494 e. The third-order valence-corrected chi connectivity index (χ3v) is 26.7. The fraction of sp³-hybridized carbons (Fsp3) is 0.690. The van der Waals surface area contributed by atoms with Crippen molar-refractivity contribution in [2.75, 3.05) is 48.3 Å². The Morgan fingerprint density at radius 3 is 1.34 bits per heavy atom. The van der Waals surface area contributed by atoms with Crippen LogP contribution in [0.2, 0.25) is 0 Å². The Morgan fingerprint density at radius 2 is 0.923 bits per heavy atom. The summed E-state index contributed by atoms with van der Waals surface area (Å²) in [5.41, 5.74) is 12.3. The molecule has 0 amide bonds. The Hall–Kier alpha value is -7.47. The molecule has 5 rings (SSSR count). The Kier molecular flexibility index (Phi) is 77.6. The first-order valence-electron chi connectivity index (χ1n) is 54.9. The molecular weight excluding hydrogens is 1770 g/mol. The molecule has 3 aliphatic heterocycles. The van der Waals surface area contributed by atoms with Gasteiger partial charge in [-0.2, -0.15) is 0 Å². The highest BCUT2D eigenvalue weighted by atomic mass is 16.6. The normalized spacial score (nSPS) is 18.0. The van der Waals surface area contributed by atoms with Crippen LogP contribution < -0.4 is 4.74 Å². The van der Waals surface area contributed by atoms with Crippen molar-refractivity contribution >= 4 is 29.8 Å². The molecule has 812 valence electrons. The van der Waals surface area contributed by atoms with Crippen molar-refractivity contribution in [3.8, 4) is 5.75 Å². The van der Waals surface area contributed by atoms with Crippen molar-refractivity contribution in [1.82, 2.24) is 0 Å². The summed E-state index contributed by atoms with van der Waals surface area (Å²) in [6.07, 6.45) is 68.1. The van der Waals surface area contributed by atoms with Crippen LogP contribution in [0.15, 0.2) is 179 Å². The lowest BCUT2D eigenvalue weighted by atomic mass is 9.93. The van der Waals surface area contributed by atoms with E-state index in [1.54, 1.807) is 37.5 Å². The lowest BCUT2D eigenvalue weighted by Gasteiger charge is -2.23. The van der Waals surface area contributed by atoms with Crippen LogP contribution in [0.1, 0.15) is 422 Å². The minimum atomic E-state index is -0.308. The first-order chi connectivity index (χ1) is 67.0. The van der Waals surface area contributed by atoms with Gasteiger partial charge in [0.2, 0.25) is 0 Å². The number of carbonyl (C=O) groups is 5. The van der Waals surface area contributed by atoms with Gasteiger partial charge in [0.1, 0.15) is 12.4 Å². The number of rotatable bonds is 64. The summed E-state index contributed by atoms with van der Waals surface area (Å²) in [6.45, 7) is 68.9. The van der Waals surface area contributed by atoms with Gasteiger partial charge in [-0.1, -0.05) is 284 Å². The van der Waals surface area contributed by atoms with Gasteiger partial charge >= 0.3 is 29.8 Å². The van der Waals surface area contributed by atoms with Crippen molar-refractivity contribution in [2.45, 2.75) is 479 Å². The lowest BCUT2D eigenvalue weighted by Crippen LogP contribution is -2.22. The molecule has 0 bridgehead atoms. The van der Waals surface area contributed by atoms with Crippen molar-refractivity contribution in [2.24, 2.45) is 41.4 Å². The zero-order chi connectivity index (χ0) is 108. The zero-order valence-corrected chi connectivity index (χ0v) is 97.0. The Bertz CT molecular complexity index is 4000. The van der Waals surface area contributed by atoms with Crippen LogP contribution in [-0.2, 0) is 77.8 Å². The van der Waals surface area contributed by atoms with Crippen molar-refractivity contribution < 1.29 is 76.1 Å². The highest BCUT2D eigenvalue weighted by Gasteiger charge is 2.50. The number of hydrogen-bond donors (Lipinski definition) is 0. The first-order valence-corrected chi connectivity index (χ1v) is 54.9. The van der Waals surface area contributed by atoms with E-state index >= 15 is 0 Å². The van der Waals surface area contributed by atoms with Crippen molar-refractivity contribution in [3.63, 3.8) is 0 Å². The molecule has 10 unspecified atom stereocenters. The van der Waals surface area contributed by atoms with Gasteiger partial charge in [-0.15, -0.1) is 0 Å². The van der Waals surface area contributed by atoms with Crippen molar-refractivity contribution in [3.05, 3.63) is 196 Å². The Morgan fingerprint density at radius 1 is 0.479 bits per heavy atom. The molecule has 0 aliphatic carbocycles. The van der Waals surface area contributed by atoms with E-state index in [0.717, 1.165) is 160 Å². The molecule has 3 saturated heterocycles. The summed E-state index contributed by atoms with van der Waals surface area (Å²) in [5.74, 6) is 4.85. The van der Waals surface area contributed by atoms with E-state index in [1.165, 1.54) is 170 Å². The van der Waals surface area contributed by atoms with Gasteiger partial charge in [0.05, 0.1) is 80.4 Å². The van der Waals surface area contributed by atoms with Gasteiger partial charge in [0, 0.05) is 44.6 Å². The number of esters is 5. The maximum Gasteiger partial charge on any atom is 0.331 e. The van der Waals surface area contributed by atoms with E-state index in [1.807, 2.05) is 80.7 Å². The molecule has 10 atom stereocenters. The van der Waals surface area contributed by atoms with Crippen LogP contribution in [-0.4, -0.2) is 131 Å². The molecule has 16 heteroatoms. The molecule has 0 N–H and O–H groups in total. The van der Waals surface area contributed by atoms with E-state index in [2.05, 4.69) is 247 Å². The monoisotopic (exact) mass is 1980 g/mol. The number of methoxy groups -OCH3 is 4. The fourth-order valence-electron chi connectivity index (χ4n) is 15.9. The predicted octanol–water partition coefficient (Wildman–Crippen LogP) is 34.1. The molecular formula is C126H212O16. The molecule has 0 radical (unpaired) electrons. The van der Waals surface area contributed by atoms with E-state index in [9.17, 15) is 24.0 Å². The third kappa shape index (κ3) is 79.8. The topological polar surface area (TPSA) is 197 Å². The molecule has 3 heterocycles. The standard InChI is InChI=1S/C19H34O3.C19H30O2.C19H32O.C18H30O3.C18H30O2.C17H30O2.C16H26O3/c1-15(2)22-18(20)14-17(4)11-8-10-16(3)12-9-13-19(5,6)21-7;1-5-16(9-12-18-19(4,6-2)21-18)13-14-20-17-10-7-15(3)8-11-17;1-16(9-7-15-19(3,4)20-5)8-6-10-18-13-11-17(2)12-14-18;1-6-15(11-8-12-16-18(3,4)21-16)10-7-9-14(2)13-17(19)20-5;1-6-13-20-18(19)14-17(5)12-8-11-16(4)10-7-9-15(2)3;1-6-19-17(18)13-16(5)12-8-11-15(4)10-7-9-14(2)3;1-12(8-6-10-15-14(3)19-15)7-5-9-13(2)11-16(17)18-4/h8,11,14-16H,9-10,12-13H2,1-7H3;7-8,10-11,16,18H,5-6,9,12-14H2,1-4H3;11-14,16H,6-10,15H2,1-5H3;10,13,16H,6-9,11-12H2,1-5H3;6,8,12,14-16H,1,7,9-11,13H2,2-5H3;8,12-15H,6-7,9-11H2,1-5H3;7,11,14-15H,5-6,8-10H2,1-4H3/b11-8+,17-14+;;;14-13+,15-10+;12-8+,17-14+;12-8+,16-13+;12-7+,13-11+. The largest absolute Gasteiger partial charge is 0.494 e. The summed E-state index contributed by atoms with van der Waals surface area (Å²) >= 11 is 0. The molecule has 142 heavy (non-hydrogen) atoms. The molecule has 3 fully saturated rings. The number of epoxide rings is 3. The van der Waals surface area contributed by atoms with Crippen LogP contribution in [0.25, 0.3) is 0 Å². The molecule has 16 nitrogen and oxygen atoms in total. The maximum atomic E-state index is 11.5. The second-order valence-electron chi connectivity index (χ2n) is 43.7. The lowest BCUT2D eigenvalue weighted by molar-refractivity contribution is -0.141. The highest BCUT2D eigenvalue weighted by Crippen LogP contribution is 2.43. The zero-order valence-electron chi connectivity index (χ0n) is 97.0. The van der Waals surface area contributed by atoms with Crippen LogP contribution in [0.3, 0.4) is 0 Å². The second kappa shape index (κ2) is 80.7. The Balaban J connectivity index is 0. The van der Waals surface area contributed by atoms with E-state index < -0.39 is 0 Å². The minimum absolute atomic E-state index is 0.0222. The van der Waals surface area contributed by atoms with Crippen LogP contribution in [0, 0.1) is 55.3 Å². The van der Waals surface area contributed by atoms with Crippen molar-refractivity contribution in [1.29, 1.82) is 0 Å². The molecule has 2 aromatic carbocycles. The summed E-state index contributed by atoms with van der Waals surface area (Å²) in [5, 5.41) is 0. The SMILES string of the molecule is C=CCOC(=O)/C=C(C)/C=C/CC(C)CCCC(C)C.CC/C(=C\CC/C(C)=C/C(=O)OC)CCCC1OC1(C)C.CCC(CCOc1ccc(C)cc1)CCC1OC1(C)CC.CCOC(=O)/C=C(C)/C=C/CC(C)CCCC(C)C.COC(=O)/C=C(\C)CC/C=C(\C)CCCC1OC1C.COC(C)(C)CCCC(C)C/C=C/C(C)=C/C(=O)OC(C)C.COC(C)(C)CCCC(C)CCCc1ccc(C)cc1. The van der Waals surface area contributed by atoms with Gasteiger partial charge in [0.25, 0.3) is 0 Å². The molecule has 0 aromatic heterocycles. The first kappa shape index (κ1) is 137. The number of carbonyl (C=O) groups excluding carboxylic acids is 5. The second-order valence-corrected chi connectivity index (χ2v) is 43.7. The van der Waals surface area contributed by atoms with E-state index in [-0.39, 0.29) is 65.0 Å². The number of ether oxygens (including phenoxy) is 11. The number of benzene rings is 2. The molecule has 0 spiro atoms. The molecule has 0 saturated carbocycles. The Labute approximate surface area is 871 Å². The smallest absolute Gasteiger partial charge is 0.331 e. The third-order valence-electron chi connectivity index (χ3n) is 26.7. The number of hydrogen-bond acceptors (Lipinski definition) is 16. The van der Waals surface area contributed by atoms with Gasteiger partial charge in [-0.3, -0.25) is 0 Å². The summed E-state index contributed by atoms with van der Waals surface area (Å²) in [4.78, 5) is 56.2. The van der Waals surface area contributed by atoms with Gasteiger partial charge in [-0.25, -0.2) is 24.0 Å². The van der Waals surface area contributed by atoms with Gasteiger partial charge in [0.15, 0.2) is 0 Å². The van der Waals surface area contributed by atoms with Crippen LogP contribution in [0.4, 0.5) is 0 Å². The molecule has 3 aliphatic rings. The van der Waals surface area contributed by atoms with E-state index in [0.29, 0.717) is 48.8 Å². The van der Waals surface area contributed by atoms with Gasteiger partial charge < -0.3 is 52.1 Å². The summed E-state index contributed by atoms with van der Waals surface area (Å²) in [7, 11) is 6.39. The number of aryl methyl sites for hydroxylation is 3. The summed E-state index contributed by atoms with van der Waals surface area (Å²) < 4.78 is 57.6. The highest BCUT2D eigenvalue weighted by molar-refractivity contribution is 5.84. The average molecular weight is 1980 g/mol. The predicted molar refractivity (Wildman–Crippen MR) is 601 cm³/mol. The van der Waals surface area contributed by atoms with Gasteiger partial charge in [-0.05, 0) is 349 Å². The number of allylic oxidation sites excluding steroid dienone is 15. The quantitative estimate of drug-likeness (QED) is 0.0151. The van der Waals surface area contributed by atoms with Crippen LogP contribution >= 0.6 is 0 Å². The molecule has 2 aromatic rings. The van der Waals surface area contributed by atoms with E-state index in [4.69, 9.17) is 42.6 Å². The summed E-state index contributed by atoms with van der Waals surface area (Å²) in [6, 6.07) is 17.3. The fourth-order valence-corrected chi connectivity index (χ4v) is 15.9.